The summed E-state index contributed by atoms with van der Waals surface area (Å²) < 4.78 is 1.93. The summed E-state index contributed by atoms with van der Waals surface area (Å²) in [5, 5.41) is 8.26. The van der Waals surface area contributed by atoms with Gasteiger partial charge in [0.1, 0.15) is 5.82 Å². The first-order valence-electron chi connectivity index (χ1n) is 7.61. The molecule has 0 bridgehead atoms. The van der Waals surface area contributed by atoms with Crippen molar-refractivity contribution in [1.82, 2.24) is 14.8 Å². The lowest BCUT2D eigenvalue weighted by Gasteiger charge is -2.15. The van der Waals surface area contributed by atoms with E-state index in [1.54, 1.807) is 24.2 Å². The van der Waals surface area contributed by atoms with Crippen LogP contribution in [0.4, 0.5) is 5.82 Å². The van der Waals surface area contributed by atoms with E-state index in [-0.39, 0.29) is 5.91 Å². The Morgan fingerprint density at radius 3 is 3.00 bits per heavy atom. The third-order valence-corrected chi connectivity index (χ3v) is 4.79. The van der Waals surface area contributed by atoms with E-state index in [1.807, 2.05) is 28.9 Å². The van der Waals surface area contributed by atoms with Gasteiger partial charge in [-0.25, -0.2) is 9.67 Å². The monoisotopic (exact) mass is 316 g/mol. The van der Waals surface area contributed by atoms with Crippen LogP contribution >= 0.6 is 11.8 Å². The highest BCUT2D eigenvalue weighted by atomic mass is 32.2. The summed E-state index contributed by atoms with van der Waals surface area (Å²) in [5.41, 5.74) is 0. The summed E-state index contributed by atoms with van der Waals surface area (Å²) in [6.45, 7) is 2.16. The summed E-state index contributed by atoms with van der Waals surface area (Å²) in [6, 6.07) is 8.01. The molecule has 2 heterocycles. The second-order valence-electron chi connectivity index (χ2n) is 5.55. The summed E-state index contributed by atoms with van der Waals surface area (Å²) in [4.78, 5) is 16.3. The third-order valence-electron chi connectivity index (χ3n) is 3.84. The molecule has 0 radical (unpaired) electrons. The second-order valence-corrected chi connectivity index (χ2v) is 6.67. The molecule has 0 spiro atoms. The average molecular weight is 316 g/mol. The predicted molar refractivity (Wildman–Crippen MR) is 87.9 cm³/mol. The molecule has 1 amide bonds. The highest BCUT2D eigenvalue weighted by Crippen LogP contribution is 2.40. The first kappa shape index (κ1) is 15.1. The van der Waals surface area contributed by atoms with E-state index in [2.05, 4.69) is 22.3 Å². The van der Waals surface area contributed by atoms with Crippen molar-refractivity contribution in [2.75, 3.05) is 11.1 Å². The van der Waals surface area contributed by atoms with Crippen LogP contribution < -0.4 is 5.32 Å². The number of nitrogens with zero attached hydrogens (tertiary/aromatic N) is 3. The number of rotatable bonds is 7. The van der Waals surface area contributed by atoms with Crippen LogP contribution in [0, 0.1) is 5.92 Å². The molecule has 0 saturated heterocycles. The molecular weight excluding hydrogens is 296 g/mol. The van der Waals surface area contributed by atoms with Gasteiger partial charge in [0.15, 0.2) is 0 Å². The molecule has 2 aromatic heterocycles. The number of aromatic nitrogens is 3. The molecule has 0 unspecified atom stereocenters. The van der Waals surface area contributed by atoms with Crippen LogP contribution in [0.1, 0.15) is 32.2 Å². The summed E-state index contributed by atoms with van der Waals surface area (Å²) >= 11 is 1.59. The van der Waals surface area contributed by atoms with Crippen LogP contribution in [0.3, 0.4) is 0 Å². The minimum Gasteiger partial charge on any atom is -0.311 e. The van der Waals surface area contributed by atoms with Crippen LogP contribution in [0.25, 0.3) is 0 Å². The highest BCUT2D eigenvalue weighted by Gasteiger charge is 2.30. The summed E-state index contributed by atoms with van der Waals surface area (Å²) in [5.74, 6) is 2.24. The minimum atomic E-state index is 0.0215. The lowest BCUT2D eigenvalue weighted by molar-refractivity contribution is -0.115. The molecular formula is C16H20N4OS. The van der Waals surface area contributed by atoms with Crippen molar-refractivity contribution in [3.8, 4) is 0 Å². The molecule has 1 aliphatic rings. The quantitative estimate of drug-likeness (QED) is 0.796. The molecule has 0 aliphatic heterocycles. The van der Waals surface area contributed by atoms with Gasteiger partial charge in [-0.2, -0.15) is 5.10 Å². The second kappa shape index (κ2) is 6.96. The number of amides is 1. The van der Waals surface area contributed by atoms with E-state index >= 15 is 0 Å². The molecule has 116 valence electrons. The standard InChI is InChI=1S/C16H20N4OS/c1-12(13-5-6-13)20-14(7-10-18-20)19-15(21)8-11-22-16-4-2-3-9-17-16/h2-4,7,9-10,12-13H,5-6,8,11H2,1H3,(H,19,21)/t12-/m0/s1. The lowest BCUT2D eigenvalue weighted by atomic mass is 10.2. The highest BCUT2D eigenvalue weighted by molar-refractivity contribution is 7.99. The Morgan fingerprint density at radius 1 is 1.41 bits per heavy atom. The van der Waals surface area contributed by atoms with E-state index in [0.29, 0.717) is 18.4 Å². The van der Waals surface area contributed by atoms with Crippen LogP contribution in [-0.2, 0) is 4.79 Å². The van der Waals surface area contributed by atoms with E-state index in [1.165, 1.54) is 12.8 Å². The van der Waals surface area contributed by atoms with E-state index in [9.17, 15) is 4.79 Å². The van der Waals surface area contributed by atoms with Gasteiger partial charge in [-0.1, -0.05) is 6.07 Å². The van der Waals surface area contributed by atoms with E-state index in [0.717, 1.165) is 16.6 Å². The Bertz CT molecular complexity index is 624. The SMILES string of the molecule is C[C@@H](C1CC1)n1nccc1NC(=O)CCSc1ccccn1. The maximum absolute atomic E-state index is 12.1. The van der Waals surface area contributed by atoms with Crippen molar-refractivity contribution in [2.24, 2.45) is 5.92 Å². The molecule has 2 aromatic rings. The normalized spacial score (nSPS) is 15.5. The van der Waals surface area contributed by atoms with Crippen molar-refractivity contribution < 1.29 is 4.79 Å². The Kier molecular flexibility index (Phi) is 4.77. The summed E-state index contributed by atoms with van der Waals surface area (Å²) in [6.07, 6.45) is 6.49. The maximum atomic E-state index is 12.1. The first-order valence-corrected chi connectivity index (χ1v) is 8.60. The van der Waals surface area contributed by atoms with Crippen LogP contribution in [0.5, 0.6) is 0 Å². The number of hydrogen-bond donors (Lipinski definition) is 1. The van der Waals surface area contributed by atoms with Crippen LogP contribution in [-0.4, -0.2) is 26.4 Å². The minimum absolute atomic E-state index is 0.0215. The Balaban J connectivity index is 1.48. The third kappa shape index (κ3) is 3.88. The number of hydrogen-bond acceptors (Lipinski definition) is 4. The molecule has 0 aromatic carbocycles. The zero-order valence-electron chi connectivity index (χ0n) is 12.6. The van der Waals surface area contributed by atoms with Crippen molar-refractivity contribution in [3.05, 3.63) is 36.7 Å². The Labute approximate surface area is 134 Å². The molecule has 1 saturated carbocycles. The van der Waals surface area contributed by atoms with Gasteiger partial charge in [-0.15, -0.1) is 11.8 Å². The fourth-order valence-electron chi connectivity index (χ4n) is 2.40. The van der Waals surface area contributed by atoms with Gasteiger partial charge in [-0.3, -0.25) is 4.79 Å². The number of thioether (sulfide) groups is 1. The van der Waals surface area contributed by atoms with E-state index < -0.39 is 0 Å². The molecule has 1 N–H and O–H groups in total. The molecule has 22 heavy (non-hydrogen) atoms. The molecule has 5 nitrogen and oxygen atoms in total. The number of carbonyl (C=O) groups excluding carboxylic acids is 1. The van der Waals surface area contributed by atoms with Gasteiger partial charge in [0.2, 0.25) is 5.91 Å². The van der Waals surface area contributed by atoms with Gasteiger partial charge in [0, 0.05) is 24.4 Å². The molecule has 1 aliphatic carbocycles. The lowest BCUT2D eigenvalue weighted by Crippen LogP contribution is -2.18. The Morgan fingerprint density at radius 2 is 2.27 bits per heavy atom. The van der Waals surface area contributed by atoms with Gasteiger partial charge < -0.3 is 5.32 Å². The molecule has 1 fully saturated rings. The molecule has 1 atom stereocenters. The topological polar surface area (TPSA) is 59.8 Å². The van der Waals surface area contributed by atoms with Gasteiger partial charge in [0.05, 0.1) is 17.3 Å². The van der Waals surface area contributed by atoms with Gasteiger partial charge in [-0.05, 0) is 37.8 Å². The van der Waals surface area contributed by atoms with Crippen molar-refractivity contribution >= 4 is 23.5 Å². The van der Waals surface area contributed by atoms with Crippen molar-refractivity contribution in [3.63, 3.8) is 0 Å². The largest absolute Gasteiger partial charge is 0.311 e. The maximum Gasteiger partial charge on any atom is 0.226 e. The number of carbonyl (C=O) groups is 1. The predicted octanol–water partition coefficient (Wildman–Crippen LogP) is 3.37. The zero-order valence-corrected chi connectivity index (χ0v) is 13.4. The van der Waals surface area contributed by atoms with Crippen LogP contribution in [0.15, 0.2) is 41.7 Å². The van der Waals surface area contributed by atoms with Crippen LogP contribution in [0.2, 0.25) is 0 Å². The van der Waals surface area contributed by atoms with Gasteiger partial charge in [0.25, 0.3) is 0 Å². The average Bonchev–Trinajstić information content (AvgIpc) is 3.28. The number of pyridine rings is 1. The molecule has 3 rings (SSSR count). The first-order chi connectivity index (χ1) is 10.7. The van der Waals surface area contributed by atoms with Gasteiger partial charge >= 0.3 is 0 Å². The molecule has 6 heteroatoms. The summed E-state index contributed by atoms with van der Waals surface area (Å²) in [7, 11) is 0. The zero-order chi connectivity index (χ0) is 15.4. The van der Waals surface area contributed by atoms with E-state index in [4.69, 9.17) is 0 Å². The number of anilines is 1. The fraction of sp³-hybridized carbons (Fsp3) is 0.438. The fourth-order valence-corrected chi connectivity index (χ4v) is 3.21. The smallest absolute Gasteiger partial charge is 0.226 e. The van der Waals surface area contributed by atoms with Crippen molar-refractivity contribution in [2.45, 2.75) is 37.3 Å². The Hall–Kier alpha value is -1.82. The number of nitrogens with one attached hydrogen (secondary N) is 1. The van der Waals surface area contributed by atoms with Crippen molar-refractivity contribution in [1.29, 1.82) is 0 Å².